The van der Waals surface area contributed by atoms with Crippen LogP contribution in [-0.2, 0) is 0 Å². The lowest BCUT2D eigenvalue weighted by Crippen LogP contribution is -2.44. The molecular formula is C15H22N2O2. The quantitative estimate of drug-likeness (QED) is 0.780. The minimum atomic E-state index is -0.343. The smallest absolute Gasteiger partial charge is 0.315 e. The van der Waals surface area contributed by atoms with E-state index >= 15 is 0 Å². The number of carbonyl (C=O) groups is 1. The lowest BCUT2D eigenvalue weighted by molar-refractivity contribution is 0.211. The minimum Gasteiger partial charge on any atom is -0.394 e. The molecule has 1 atom stereocenters. The molecule has 1 unspecified atom stereocenters. The molecule has 0 bridgehead atoms. The molecule has 2 rings (SSSR count). The maximum Gasteiger partial charge on any atom is 0.315 e. The van der Waals surface area contributed by atoms with Gasteiger partial charge in [-0.25, -0.2) is 4.79 Å². The van der Waals surface area contributed by atoms with Crippen LogP contribution in [0.15, 0.2) is 30.3 Å². The number of rotatable bonds is 4. The molecule has 4 nitrogen and oxygen atoms in total. The number of aliphatic hydroxyl groups excluding tert-OH is 1. The highest BCUT2D eigenvalue weighted by molar-refractivity contribution is 5.74. The van der Waals surface area contributed by atoms with Crippen LogP contribution in [0.1, 0.15) is 43.7 Å². The fourth-order valence-electron chi connectivity index (χ4n) is 2.55. The van der Waals surface area contributed by atoms with E-state index < -0.39 is 0 Å². The van der Waals surface area contributed by atoms with Gasteiger partial charge in [0.15, 0.2) is 0 Å². The van der Waals surface area contributed by atoms with Crippen LogP contribution in [0.3, 0.4) is 0 Å². The number of hydrogen-bond acceptors (Lipinski definition) is 2. The summed E-state index contributed by atoms with van der Waals surface area (Å²) in [5, 5.41) is 15.2. The highest BCUT2D eigenvalue weighted by Gasteiger charge is 2.18. The van der Waals surface area contributed by atoms with Gasteiger partial charge in [0, 0.05) is 6.04 Å². The summed E-state index contributed by atoms with van der Waals surface area (Å²) in [6.07, 6.45) is 5.76. The Hall–Kier alpha value is -1.55. The monoisotopic (exact) mass is 262 g/mol. The summed E-state index contributed by atoms with van der Waals surface area (Å²) in [4.78, 5) is 11.9. The van der Waals surface area contributed by atoms with Gasteiger partial charge in [0.05, 0.1) is 12.6 Å². The summed E-state index contributed by atoms with van der Waals surface area (Å²) in [5.41, 5.74) is 0.920. The molecule has 0 aliphatic heterocycles. The van der Waals surface area contributed by atoms with Gasteiger partial charge in [0.2, 0.25) is 0 Å². The molecule has 0 heterocycles. The van der Waals surface area contributed by atoms with Gasteiger partial charge in [-0.05, 0) is 18.4 Å². The van der Waals surface area contributed by atoms with Crippen LogP contribution in [0.4, 0.5) is 4.79 Å². The van der Waals surface area contributed by atoms with E-state index in [4.69, 9.17) is 0 Å². The molecule has 1 aromatic carbocycles. The molecule has 1 fully saturated rings. The van der Waals surface area contributed by atoms with E-state index in [0.29, 0.717) is 0 Å². The predicted octanol–water partition coefficient (Wildman–Crippen LogP) is 2.35. The number of aliphatic hydroxyl groups is 1. The number of benzene rings is 1. The van der Waals surface area contributed by atoms with Crippen LogP contribution in [0.5, 0.6) is 0 Å². The molecule has 1 aliphatic rings. The Bertz CT molecular complexity index is 388. The van der Waals surface area contributed by atoms with Gasteiger partial charge in [0.25, 0.3) is 0 Å². The fraction of sp³-hybridized carbons (Fsp3) is 0.533. The third-order valence-corrected chi connectivity index (χ3v) is 3.63. The second kappa shape index (κ2) is 7.14. The molecular weight excluding hydrogens is 240 g/mol. The second-order valence-corrected chi connectivity index (χ2v) is 5.10. The first kappa shape index (κ1) is 13.9. The van der Waals surface area contributed by atoms with E-state index in [2.05, 4.69) is 10.6 Å². The zero-order valence-corrected chi connectivity index (χ0v) is 11.1. The Kier molecular flexibility index (Phi) is 5.21. The number of amides is 2. The summed E-state index contributed by atoms with van der Waals surface area (Å²) >= 11 is 0. The molecule has 2 amide bonds. The lowest BCUT2D eigenvalue weighted by atomic mass is 9.96. The lowest BCUT2D eigenvalue weighted by Gasteiger charge is -2.24. The van der Waals surface area contributed by atoms with Crippen LogP contribution in [0, 0.1) is 0 Å². The minimum absolute atomic E-state index is 0.0951. The molecule has 1 aliphatic carbocycles. The molecule has 3 N–H and O–H groups in total. The molecule has 1 saturated carbocycles. The summed E-state index contributed by atoms with van der Waals surface area (Å²) in [5.74, 6) is 0. The van der Waals surface area contributed by atoms with Crippen LogP contribution < -0.4 is 10.6 Å². The zero-order chi connectivity index (χ0) is 13.5. The highest BCUT2D eigenvalue weighted by atomic mass is 16.3. The van der Waals surface area contributed by atoms with Gasteiger partial charge in [-0.1, -0.05) is 49.6 Å². The molecule has 0 radical (unpaired) electrons. The third-order valence-electron chi connectivity index (χ3n) is 3.63. The van der Waals surface area contributed by atoms with Crippen molar-refractivity contribution in [3.8, 4) is 0 Å². The number of hydrogen-bond donors (Lipinski definition) is 3. The van der Waals surface area contributed by atoms with Crippen molar-refractivity contribution in [2.24, 2.45) is 0 Å². The Balaban J connectivity index is 1.85. The van der Waals surface area contributed by atoms with Crippen LogP contribution in [-0.4, -0.2) is 23.8 Å². The SMILES string of the molecule is O=C(NC1CCCCC1)NC(CO)c1ccccc1. The van der Waals surface area contributed by atoms with E-state index in [1.807, 2.05) is 30.3 Å². The first-order valence-electron chi connectivity index (χ1n) is 7.02. The maximum absolute atomic E-state index is 11.9. The van der Waals surface area contributed by atoms with Crippen molar-refractivity contribution in [2.45, 2.75) is 44.2 Å². The normalized spacial score (nSPS) is 17.7. The van der Waals surface area contributed by atoms with E-state index in [9.17, 15) is 9.90 Å². The van der Waals surface area contributed by atoms with Crippen LogP contribution >= 0.6 is 0 Å². The second-order valence-electron chi connectivity index (χ2n) is 5.10. The zero-order valence-electron chi connectivity index (χ0n) is 11.1. The average Bonchev–Trinajstić information content (AvgIpc) is 2.47. The Labute approximate surface area is 114 Å². The number of urea groups is 1. The summed E-state index contributed by atoms with van der Waals surface area (Å²) in [6, 6.07) is 9.28. The molecule has 19 heavy (non-hydrogen) atoms. The van der Waals surface area contributed by atoms with Gasteiger partial charge >= 0.3 is 6.03 Å². The molecule has 0 saturated heterocycles. The number of nitrogens with one attached hydrogen (secondary N) is 2. The predicted molar refractivity (Wildman–Crippen MR) is 74.8 cm³/mol. The van der Waals surface area contributed by atoms with Gasteiger partial charge in [-0.15, -0.1) is 0 Å². The van der Waals surface area contributed by atoms with Crippen molar-refractivity contribution in [1.29, 1.82) is 0 Å². The molecule has 1 aromatic rings. The Morgan fingerprint density at radius 3 is 2.53 bits per heavy atom. The Morgan fingerprint density at radius 2 is 1.89 bits per heavy atom. The molecule has 4 heteroatoms. The topological polar surface area (TPSA) is 61.4 Å². The summed E-state index contributed by atoms with van der Waals surface area (Å²) < 4.78 is 0. The first-order valence-corrected chi connectivity index (χ1v) is 7.02. The van der Waals surface area contributed by atoms with E-state index in [1.54, 1.807) is 0 Å². The van der Waals surface area contributed by atoms with Crippen molar-refractivity contribution in [3.05, 3.63) is 35.9 Å². The van der Waals surface area contributed by atoms with Gasteiger partial charge < -0.3 is 15.7 Å². The van der Waals surface area contributed by atoms with Gasteiger partial charge in [0.1, 0.15) is 0 Å². The fourth-order valence-corrected chi connectivity index (χ4v) is 2.55. The van der Waals surface area contributed by atoms with E-state index in [-0.39, 0.29) is 24.7 Å². The average molecular weight is 262 g/mol. The number of carbonyl (C=O) groups excluding carboxylic acids is 1. The van der Waals surface area contributed by atoms with E-state index in [0.717, 1.165) is 18.4 Å². The van der Waals surface area contributed by atoms with Crippen molar-refractivity contribution < 1.29 is 9.90 Å². The van der Waals surface area contributed by atoms with Crippen molar-refractivity contribution in [3.63, 3.8) is 0 Å². The third kappa shape index (κ3) is 4.24. The standard InChI is InChI=1S/C15H22N2O2/c18-11-14(12-7-3-1-4-8-12)17-15(19)16-13-9-5-2-6-10-13/h1,3-4,7-8,13-14,18H,2,5-6,9-11H2,(H2,16,17,19). The van der Waals surface area contributed by atoms with Crippen molar-refractivity contribution >= 4 is 6.03 Å². The van der Waals surface area contributed by atoms with E-state index in [1.165, 1.54) is 19.3 Å². The van der Waals surface area contributed by atoms with Crippen molar-refractivity contribution in [2.75, 3.05) is 6.61 Å². The summed E-state index contributed by atoms with van der Waals surface area (Å²) in [6.45, 7) is -0.0951. The Morgan fingerprint density at radius 1 is 1.21 bits per heavy atom. The molecule has 0 aromatic heterocycles. The van der Waals surface area contributed by atoms with Gasteiger partial charge in [-0.2, -0.15) is 0 Å². The molecule has 0 spiro atoms. The summed E-state index contributed by atoms with van der Waals surface area (Å²) in [7, 11) is 0. The van der Waals surface area contributed by atoms with Crippen LogP contribution in [0.25, 0.3) is 0 Å². The maximum atomic E-state index is 11.9. The van der Waals surface area contributed by atoms with Crippen LogP contribution in [0.2, 0.25) is 0 Å². The highest BCUT2D eigenvalue weighted by Crippen LogP contribution is 2.17. The first-order chi connectivity index (χ1) is 9.29. The largest absolute Gasteiger partial charge is 0.394 e. The van der Waals surface area contributed by atoms with Gasteiger partial charge in [-0.3, -0.25) is 0 Å². The molecule has 104 valence electrons. The van der Waals surface area contributed by atoms with Crippen molar-refractivity contribution in [1.82, 2.24) is 10.6 Å².